The van der Waals surface area contributed by atoms with Crippen molar-refractivity contribution in [3.63, 3.8) is 0 Å². The first-order valence-corrected chi connectivity index (χ1v) is 13.1. The Kier molecular flexibility index (Phi) is 14.7. The zero-order chi connectivity index (χ0) is 36.0. The number of nitro benzene ring substituents is 3. The van der Waals surface area contributed by atoms with Gasteiger partial charge in [-0.1, -0.05) is 6.07 Å². The van der Waals surface area contributed by atoms with Crippen molar-refractivity contribution in [3.05, 3.63) is 84.9 Å². The molecular weight excluding hydrogens is 626 g/mol. The van der Waals surface area contributed by atoms with Crippen molar-refractivity contribution >= 4 is 46.2 Å². The predicted molar refractivity (Wildman–Crippen MR) is 168 cm³/mol. The van der Waals surface area contributed by atoms with E-state index < -0.39 is 20.7 Å². The van der Waals surface area contributed by atoms with Crippen molar-refractivity contribution < 1.29 is 48.1 Å². The van der Waals surface area contributed by atoms with Gasteiger partial charge < -0.3 is 28.7 Å². The quantitative estimate of drug-likeness (QED) is 0.132. The van der Waals surface area contributed by atoms with Gasteiger partial charge in [-0.3, -0.25) is 44.7 Å². The average molecular weight is 660 g/mol. The van der Waals surface area contributed by atoms with E-state index in [2.05, 4.69) is 0 Å². The number of esters is 1. The van der Waals surface area contributed by atoms with Crippen LogP contribution >= 0.6 is 0 Å². The van der Waals surface area contributed by atoms with E-state index in [1.54, 1.807) is 12.1 Å². The smallest absolute Gasteiger partial charge is 0.315 e. The number of rotatable bonds is 9. The third-order valence-electron chi connectivity index (χ3n) is 6.05. The third-order valence-corrected chi connectivity index (χ3v) is 6.05. The van der Waals surface area contributed by atoms with Crippen molar-refractivity contribution in [2.45, 2.75) is 20.8 Å². The predicted octanol–water partition coefficient (Wildman–Crippen LogP) is 4.70. The van der Waals surface area contributed by atoms with E-state index in [0.717, 1.165) is 6.92 Å². The molecule has 0 unspecified atom stereocenters. The molecule has 0 spiro atoms. The Bertz CT molecular complexity index is 1560. The number of nitro groups is 3. The van der Waals surface area contributed by atoms with Gasteiger partial charge in [-0.25, -0.2) is 0 Å². The van der Waals surface area contributed by atoms with Crippen LogP contribution in [0.25, 0.3) is 0 Å². The summed E-state index contributed by atoms with van der Waals surface area (Å²) in [7, 11) is 7.15. The lowest BCUT2D eigenvalue weighted by molar-refractivity contribution is -0.385. The van der Waals surface area contributed by atoms with E-state index in [1.165, 1.54) is 102 Å². The van der Waals surface area contributed by atoms with E-state index >= 15 is 0 Å². The van der Waals surface area contributed by atoms with Gasteiger partial charge in [-0.05, 0) is 30.3 Å². The number of methoxy groups -OCH3 is 3. The average Bonchev–Trinajstić information content (AvgIpc) is 3.03. The lowest BCUT2D eigenvalue weighted by Gasteiger charge is -2.15. The number of carbonyl (C=O) groups is 3. The molecule has 0 fully saturated rings. The second-order valence-corrected chi connectivity index (χ2v) is 9.04. The Morgan fingerprint density at radius 1 is 0.617 bits per heavy atom. The van der Waals surface area contributed by atoms with Crippen LogP contribution in [-0.4, -0.2) is 68.0 Å². The number of hydrogen-bond acceptors (Lipinski definition) is 13. The van der Waals surface area contributed by atoms with Crippen molar-refractivity contribution in [1.29, 1.82) is 0 Å². The van der Waals surface area contributed by atoms with Crippen LogP contribution in [0.5, 0.6) is 23.0 Å². The summed E-state index contributed by atoms with van der Waals surface area (Å²) >= 11 is 0. The standard InChI is InChI=1S/2C10H12N2O4.C9H9NO5/c2*1-7(13)11(2)9-5-4-8(16-3)6-10(9)12(14)15;1-6(11)15-9-7(10(12)13)4-3-5-8(9)14-2/h2*4-6H,1-3H3;3-5H,1-2H3. The number of benzene rings is 3. The Balaban J connectivity index is 0.000000353. The number of amides is 2. The first-order chi connectivity index (χ1) is 22.0. The molecule has 0 radical (unpaired) electrons. The molecule has 0 heterocycles. The summed E-state index contributed by atoms with van der Waals surface area (Å²) < 4.78 is 19.4. The highest BCUT2D eigenvalue weighted by molar-refractivity contribution is 5.94. The minimum absolute atomic E-state index is 0.152. The fourth-order valence-electron chi connectivity index (χ4n) is 3.51. The minimum Gasteiger partial charge on any atom is -0.496 e. The number of anilines is 2. The van der Waals surface area contributed by atoms with Gasteiger partial charge >= 0.3 is 11.7 Å². The lowest BCUT2D eigenvalue weighted by atomic mass is 10.2. The van der Waals surface area contributed by atoms with Gasteiger partial charge in [0.25, 0.3) is 11.4 Å². The molecule has 0 saturated heterocycles. The lowest BCUT2D eigenvalue weighted by Crippen LogP contribution is -2.23. The molecule has 3 aromatic rings. The Labute approximate surface area is 268 Å². The summed E-state index contributed by atoms with van der Waals surface area (Å²) in [6.07, 6.45) is 0. The largest absolute Gasteiger partial charge is 0.496 e. The van der Waals surface area contributed by atoms with Crippen molar-refractivity contribution in [3.8, 4) is 23.0 Å². The maximum absolute atomic E-state index is 11.1. The molecule has 0 aromatic heterocycles. The second-order valence-electron chi connectivity index (χ2n) is 9.04. The first-order valence-electron chi connectivity index (χ1n) is 13.1. The molecule has 0 atom stereocenters. The molecule has 0 aliphatic rings. The summed E-state index contributed by atoms with van der Waals surface area (Å²) in [5.41, 5.74) is -0.116. The molecule has 0 bridgehead atoms. The number of para-hydroxylation sites is 1. The number of hydrogen-bond donors (Lipinski definition) is 0. The molecule has 47 heavy (non-hydrogen) atoms. The van der Waals surface area contributed by atoms with Crippen LogP contribution in [-0.2, 0) is 14.4 Å². The molecule has 0 N–H and O–H groups in total. The van der Waals surface area contributed by atoms with Crippen molar-refractivity contribution in [1.82, 2.24) is 0 Å². The molecule has 2 amide bonds. The second kappa shape index (κ2) is 17.8. The van der Waals surface area contributed by atoms with E-state index in [4.69, 9.17) is 18.9 Å². The maximum atomic E-state index is 11.1. The van der Waals surface area contributed by atoms with Crippen LogP contribution in [0.3, 0.4) is 0 Å². The third kappa shape index (κ3) is 11.0. The summed E-state index contributed by atoms with van der Waals surface area (Å²) in [4.78, 5) is 66.0. The zero-order valence-electron chi connectivity index (χ0n) is 26.7. The normalized spacial score (nSPS) is 9.62. The van der Waals surface area contributed by atoms with Gasteiger partial charge in [0.2, 0.25) is 17.6 Å². The summed E-state index contributed by atoms with van der Waals surface area (Å²) in [5, 5.41) is 32.3. The van der Waals surface area contributed by atoms with Crippen molar-refractivity contribution in [2.24, 2.45) is 0 Å². The minimum atomic E-state index is -0.638. The van der Waals surface area contributed by atoms with Crippen molar-refractivity contribution in [2.75, 3.05) is 45.2 Å². The Hall–Kier alpha value is -6.33. The first kappa shape index (κ1) is 38.7. The van der Waals surface area contributed by atoms with Gasteiger partial charge in [0.1, 0.15) is 22.9 Å². The molecule has 18 heteroatoms. The number of carbonyl (C=O) groups excluding carboxylic acids is 3. The molecule has 3 rings (SSSR count). The van der Waals surface area contributed by atoms with Crippen LogP contribution in [0.4, 0.5) is 28.4 Å². The van der Waals surface area contributed by atoms with Gasteiger partial charge in [0.05, 0.1) is 48.2 Å². The fourth-order valence-corrected chi connectivity index (χ4v) is 3.51. The van der Waals surface area contributed by atoms with E-state index in [9.17, 15) is 44.7 Å². The monoisotopic (exact) mass is 659 g/mol. The molecular formula is C29H33N5O13. The Morgan fingerprint density at radius 2 is 1.02 bits per heavy atom. The van der Waals surface area contributed by atoms with Crippen LogP contribution in [0, 0.1) is 30.3 Å². The van der Waals surface area contributed by atoms with Crippen LogP contribution in [0.15, 0.2) is 54.6 Å². The van der Waals surface area contributed by atoms with Gasteiger partial charge in [-0.2, -0.15) is 0 Å². The van der Waals surface area contributed by atoms with Gasteiger partial charge in [0, 0.05) is 40.9 Å². The van der Waals surface area contributed by atoms with E-state index in [0.29, 0.717) is 11.5 Å². The molecule has 3 aromatic carbocycles. The number of nitrogens with zero attached hydrogens (tertiary/aromatic N) is 5. The highest BCUT2D eigenvalue weighted by Gasteiger charge is 2.22. The molecule has 0 saturated carbocycles. The zero-order valence-corrected chi connectivity index (χ0v) is 26.7. The molecule has 0 aliphatic heterocycles. The van der Waals surface area contributed by atoms with Crippen LogP contribution < -0.4 is 28.7 Å². The molecule has 18 nitrogen and oxygen atoms in total. The fraction of sp³-hybridized carbons (Fsp3) is 0.276. The molecule has 252 valence electrons. The molecule has 0 aliphatic carbocycles. The highest BCUT2D eigenvalue weighted by Crippen LogP contribution is 2.36. The highest BCUT2D eigenvalue weighted by atomic mass is 16.6. The van der Waals surface area contributed by atoms with Crippen LogP contribution in [0.2, 0.25) is 0 Å². The van der Waals surface area contributed by atoms with Crippen LogP contribution in [0.1, 0.15) is 20.8 Å². The summed E-state index contributed by atoms with van der Waals surface area (Å²) in [6, 6.07) is 12.8. The summed E-state index contributed by atoms with van der Waals surface area (Å²) in [6.45, 7) is 3.85. The maximum Gasteiger partial charge on any atom is 0.315 e. The topological polar surface area (TPSA) is 224 Å². The van der Waals surface area contributed by atoms with Gasteiger partial charge in [-0.15, -0.1) is 0 Å². The number of ether oxygens (including phenoxy) is 4. The van der Waals surface area contributed by atoms with E-state index in [1.807, 2.05) is 0 Å². The summed E-state index contributed by atoms with van der Waals surface area (Å²) in [5.74, 6) is -0.430. The Morgan fingerprint density at radius 3 is 1.32 bits per heavy atom. The van der Waals surface area contributed by atoms with E-state index in [-0.39, 0.29) is 51.8 Å². The van der Waals surface area contributed by atoms with Gasteiger partial charge in [0.15, 0.2) is 5.75 Å². The SMILES string of the molecule is COc1ccc(N(C)C(C)=O)c([N+](=O)[O-])c1.COc1ccc(N(C)C(C)=O)c([N+](=O)[O-])c1.COc1cccc([N+](=O)[O-])c1OC(C)=O.